The first-order valence-electron chi connectivity index (χ1n) is 7.14. The van der Waals surface area contributed by atoms with Crippen LogP contribution in [0, 0.1) is 5.82 Å². The lowest BCUT2D eigenvalue weighted by Gasteiger charge is -2.34. The van der Waals surface area contributed by atoms with Crippen LogP contribution in [0.5, 0.6) is 0 Å². The van der Waals surface area contributed by atoms with Crippen molar-refractivity contribution >= 4 is 23.6 Å². The summed E-state index contributed by atoms with van der Waals surface area (Å²) < 4.78 is 18.6. The summed E-state index contributed by atoms with van der Waals surface area (Å²) in [6.45, 7) is 3.77. The van der Waals surface area contributed by atoms with E-state index in [1.807, 2.05) is 0 Å². The second-order valence-electron chi connectivity index (χ2n) is 4.98. The van der Waals surface area contributed by atoms with Crippen molar-refractivity contribution in [3.63, 3.8) is 0 Å². The third kappa shape index (κ3) is 4.10. The van der Waals surface area contributed by atoms with Gasteiger partial charge in [0.1, 0.15) is 5.82 Å². The number of halogens is 2. The van der Waals surface area contributed by atoms with E-state index in [4.69, 9.17) is 16.3 Å². The second kappa shape index (κ2) is 7.45. The molecule has 0 radical (unpaired) electrons. The molecule has 0 bridgehead atoms. The largest absolute Gasteiger partial charge is 0.450 e. The number of rotatable bonds is 3. The number of benzene rings is 1. The molecule has 1 aromatic carbocycles. The number of nitrogens with zero attached hydrogens (tertiary/aromatic N) is 2. The molecule has 1 heterocycles. The van der Waals surface area contributed by atoms with Crippen LogP contribution >= 0.6 is 11.6 Å². The first-order chi connectivity index (χ1) is 10.5. The molecule has 0 atom stereocenters. The monoisotopic (exact) mass is 328 g/mol. The topological polar surface area (TPSA) is 49.9 Å². The SMILES string of the molecule is CCOC(=O)N1CCN(C(=O)Cc2ccc(Cl)cc2F)CC1. The Bertz CT molecular complexity index is 560. The zero-order valence-corrected chi connectivity index (χ0v) is 13.1. The molecule has 0 aromatic heterocycles. The summed E-state index contributed by atoms with van der Waals surface area (Å²) in [7, 11) is 0. The maximum atomic E-state index is 13.7. The lowest BCUT2D eigenvalue weighted by molar-refractivity contribution is -0.132. The summed E-state index contributed by atoms with van der Waals surface area (Å²) in [6.07, 6.45) is -0.374. The van der Waals surface area contributed by atoms with Crippen molar-refractivity contribution in [2.75, 3.05) is 32.8 Å². The van der Waals surface area contributed by atoms with Gasteiger partial charge < -0.3 is 14.5 Å². The Labute approximate surface area is 133 Å². The van der Waals surface area contributed by atoms with E-state index in [-0.39, 0.29) is 18.4 Å². The molecular formula is C15H18ClFN2O3. The third-order valence-electron chi connectivity index (χ3n) is 3.52. The molecule has 1 fully saturated rings. The zero-order valence-electron chi connectivity index (χ0n) is 12.3. The van der Waals surface area contributed by atoms with Gasteiger partial charge in [0.2, 0.25) is 5.91 Å². The number of piperazine rings is 1. The highest BCUT2D eigenvalue weighted by molar-refractivity contribution is 6.30. The van der Waals surface area contributed by atoms with Crippen molar-refractivity contribution in [1.29, 1.82) is 0 Å². The highest BCUT2D eigenvalue weighted by Crippen LogP contribution is 2.16. The Morgan fingerprint density at radius 2 is 1.86 bits per heavy atom. The number of amides is 2. The molecule has 0 saturated carbocycles. The molecule has 2 amide bonds. The van der Waals surface area contributed by atoms with E-state index in [1.54, 1.807) is 22.8 Å². The summed E-state index contributed by atoms with van der Waals surface area (Å²) in [6, 6.07) is 4.28. The van der Waals surface area contributed by atoms with Gasteiger partial charge in [-0.25, -0.2) is 9.18 Å². The summed E-state index contributed by atoms with van der Waals surface area (Å²) in [4.78, 5) is 27.0. The fourth-order valence-electron chi connectivity index (χ4n) is 2.29. The van der Waals surface area contributed by atoms with Gasteiger partial charge in [0.15, 0.2) is 0 Å². The quantitative estimate of drug-likeness (QED) is 0.855. The number of carbonyl (C=O) groups is 2. The smallest absolute Gasteiger partial charge is 0.409 e. The van der Waals surface area contributed by atoms with Crippen molar-refractivity contribution in [2.24, 2.45) is 0 Å². The average molecular weight is 329 g/mol. The Morgan fingerprint density at radius 1 is 1.23 bits per heavy atom. The maximum Gasteiger partial charge on any atom is 0.409 e. The normalized spacial score (nSPS) is 14.9. The predicted octanol–water partition coefficient (Wildman–Crippen LogP) is 2.32. The molecule has 22 heavy (non-hydrogen) atoms. The summed E-state index contributed by atoms with van der Waals surface area (Å²) in [5.74, 6) is -0.643. The number of carbonyl (C=O) groups excluding carboxylic acids is 2. The lowest BCUT2D eigenvalue weighted by Crippen LogP contribution is -2.51. The van der Waals surface area contributed by atoms with Crippen molar-refractivity contribution in [1.82, 2.24) is 9.80 Å². The summed E-state index contributed by atoms with van der Waals surface area (Å²) >= 11 is 5.69. The van der Waals surface area contributed by atoms with Crippen LogP contribution in [0.15, 0.2) is 18.2 Å². The molecule has 120 valence electrons. The predicted molar refractivity (Wildman–Crippen MR) is 80.3 cm³/mol. The molecule has 5 nitrogen and oxygen atoms in total. The van der Waals surface area contributed by atoms with Crippen LogP contribution in [0.1, 0.15) is 12.5 Å². The number of hydrogen-bond acceptors (Lipinski definition) is 3. The van der Waals surface area contributed by atoms with Gasteiger partial charge >= 0.3 is 6.09 Å². The highest BCUT2D eigenvalue weighted by atomic mass is 35.5. The van der Waals surface area contributed by atoms with E-state index in [9.17, 15) is 14.0 Å². The number of ether oxygens (including phenoxy) is 1. The Hall–Kier alpha value is -1.82. The number of hydrogen-bond donors (Lipinski definition) is 0. The van der Waals surface area contributed by atoms with Crippen molar-refractivity contribution in [2.45, 2.75) is 13.3 Å². The van der Waals surface area contributed by atoms with Crippen LogP contribution in [0.3, 0.4) is 0 Å². The van der Waals surface area contributed by atoms with E-state index < -0.39 is 5.82 Å². The average Bonchev–Trinajstić information content (AvgIpc) is 2.50. The molecule has 0 N–H and O–H groups in total. The third-order valence-corrected chi connectivity index (χ3v) is 3.75. The first kappa shape index (κ1) is 16.5. The van der Waals surface area contributed by atoms with Crippen LogP contribution in [-0.2, 0) is 16.0 Å². The molecule has 0 aliphatic carbocycles. The molecule has 1 saturated heterocycles. The molecule has 1 aromatic rings. The van der Waals surface area contributed by atoms with Gasteiger partial charge in [-0.3, -0.25) is 4.79 Å². The molecule has 2 rings (SSSR count). The van der Waals surface area contributed by atoms with Gasteiger partial charge in [0, 0.05) is 31.2 Å². The maximum absolute atomic E-state index is 13.7. The van der Waals surface area contributed by atoms with Gasteiger partial charge in [-0.05, 0) is 24.6 Å². The summed E-state index contributed by atoms with van der Waals surface area (Å²) in [5, 5.41) is 0.303. The Kier molecular flexibility index (Phi) is 5.60. The minimum atomic E-state index is -0.481. The van der Waals surface area contributed by atoms with Crippen molar-refractivity contribution < 1.29 is 18.7 Å². The Morgan fingerprint density at radius 3 is 2.45 bits per heavy atom. The van der Waals surface area contributed by atoms with Crippen LogP contribution in [0.4, 0.5) is 9.18 Å². The van der Waals surface area contributed by atoms with E-state index in [0.29, 0.717) is 43.4 Å². The van der Waals surface area contributed by atoms with Crippen molar-refractivity contribution in [3.8, 4) is 0 Å². The van der Waals surface area contributed by atoms with E-state index >= 15 is 0 Å². The van der Waals surface area contributed by atoms with Gasteiger partial charge in [0.05, 0.1) is 13.0 Å². The molecule has 0 unspecified atom stereocenters. The molecule has 7 heteroatoms. The first-order valence-corrected chi connectivity index (χ1v) is 7.52. The van der Waals surface area contributed by atoms with Crippen LogP contribution in [-0.4, -0.2) is 54.6 Å². The standard InChI is InChI=1S/C15H18ClFN2O3/c1-2-22-15(21)19-7-5-18(6-8-19)14(20)9-11-3-4-12(16)10-13(11)17/h3-4,10H,2,5-9H2,1H3. The van der Waals surface area contributed by atoms with E-state index in [2.05, 4.69) is 0 Å². The van der Waals surface area contributed by atoms with Crippen LogP contribution < -0.4 is 0 Å². The lowest BCUT2D eigenvalue weighted by atomic mass is 10.1. The highest BCUT2D eigenvalue weighted by Gasteiger charge is 2.25. The minimum Gasteiger partial charge on any atom is -0.450 e. The van der Waals surface area contributed by atoms with Gasteiger partial charge in [-0.2, -0.15) is 0 Å². The fourth-order valence-corrected chi connectivity index (χ4v) is 2.45. The van der Waals surface area contributed by atoms with Gasteiger partial charge in [-0.15, -0.1) is 0 Å². The van der Waals surface area contributed by atoms with E-state index in [0.717, 1.165) is 0 Å². The van der Waals surface area contributed by atoms with Crippen LogP contribution in [0.2, 0.25) is 5.02 Å². The fraction of sp³-hybridized carbons (Fsp3) is 0.467. The summed E-state index contributed by atoms with van der Waals surface area (Å²) in [5.41, 5.74) is 0.322. The zero-order chi connectivity index (χ0) is 16.1. The van der Waals surface area contributed by atoms with E-state index in [1.165, 1.54) is 12.1 Å². The van der Waals surface area contributed by atoms with Gasteiger partial charge in [0.25, 0.3) is 0 Å². The molecule has 0 spiro atoms. The second-order valence-corrected chi connectivity index (χ2v) is 5.42. The van der Waals surface area contributed by atoms with Gasteiger partial charge in [-0.1, -0.05) is 17.7 Å². The van der Waals surface area contributed by atoms with Crippen molar-refractivity contribution in [3.05, 3.63) is 34.6 Å². The molecule has 1 aliphatic rings. The Balaban J connectivity index is 1.88. The van der Waals surface area contributed by atoms with Crippen LogP contribution in [0.25, 0.3) is 0 Å². The minimum absolute atomic E-state index is 0.0115. The molecule has 1 aliphatic heterocycles. The molecular weight excluding hydrogens is 311 g/mol.